The van der Waals surface area contributed by atoms with Gasteiger partial charge in [-0.2, -0.15) is 4.98 Å². The Balaban J connectivity index is 2.82. The van der Waals surface area contributed by atoms with E-state index < -0.39 is 0 Å². The monoisotopic (exact) mass is 168 g/mol. The van der Waals surface area contributed by atoms with Gasteiger partial charge in [0.1, 0.15) is 5.52 Å². The Bertz CT molecular complexity index is 394. The van der Waals surface area contributed by atoms with Gasteiger partial charge in [-0.05, 0) is 24.6 Å². The Morgan fingerprint density at radius 3 is 3.09 bits per heavy atom. The lowest BCUT2D eigenvalue weighted by Gasteiger charge is -1.85. The van der Waals surface area contributed by atoms with Crippen LogP contribution in [0.5, 0.6) is 0 Å². The number of fused-ring (bicyclic) bond motifs is 1. The molecule has 4 nitrogen and oxygen atoms in total. The van der Waals surface area contributed by atoms with E-state index in [0.29, 0.717) is 5.65 Å². The van der Waals surface area contributed by atoms with Crippen LogP contribution >= 0.6 is 11.6 Å². The van der Waals surface area contributed by atoms with Crippen LogP contribution < -0.4 is 0 Å². The Labute approximate surface area is 67.6 Å². The molecule has 0 atom stereocenters. The molecule has 0 aromatic carbocycles. The molecule has 0 aliphatic heterocycles. The van der Waals surface area contributed by atoms with Crippen molar-refractivity contribution >= 4 is 22.8 Å². The summed E-state index contributed by atoms with van der Waals surface area (Å²) in [7, 11) is 0. The molecular formula is C6H5ClN4. The van der Waals surface area contributed by atoms with Crippen LogP contribution in [0.2, 0.25) is 5.28 Å². The van der Waals surface area contributed by atoms with Gasteiger partial charge in [-0.3, -0.25) is 0 Å². The number of aryl methyl sites for hydroxylation is 1. The molecule has 0 spiro atoms. The summed E-state index contributed by atoms with van der Waals surface area (Å²) in [6.45, 7) is 1.93. The molecule has 0 aliphatic rings. The zero-order chi connectivity index (χ0) is 7.84. The highest BCUT2D eigenvalue weighted by molar-refractivity contribution is 6.28. The molecule has 11 heavy (non-hydrogen) atoms. The van der Waals surface area contributed by atoms with Crippen LogP contribution in [0, 0.1) is 6.92 Å². The van der Waals surface area contributed by atoms with E-state index in [2.05, 4.69) is 20.2 Å². The van der Waals surface area contributed by atoms with Crippen molar-refractivity contribution in [3.8, 4) is 0 Å². The third-order valence-electron chi connectivity index (χ3n) is 1.36. The average Bonchev–Trinajstić information content (AvgIpc) is 2.27. The van der Waals surface area contributed by atoms with Gasteiger partial charge in [-0.15, -0.1) is 10.2 Å². The predicted molar refractivity (Wildman–Crippen MR) is 41.4 cm³/mol. The Kier molecular flexibility index (Phi) is 1.29. The van der Waals surface area contributed by atoms with Gasteiger partial charge >= 0.3 is 0 Å². The lowest BCUT2D eigenvalue weighted by Crippen LogP contribution is -1.86. The van der Waals surface area contributed by atoms with Crippen molar-refractivity contribution < 1.29 is 0 Å². The van der Waals surface area contributed by atoms with Crippen LogP contribution in [0.4, 0.5) is 0 Å². The first-order valence-corrected chi connectivity index (χ1v) is 3.49. The maximum absolute atomic E-state index is 5.52. The smallest absolute Gasteiger partial charge is 0.244 e. The molecule has 0 bridgehead atoms. The summed E-state index contributed by atoms with van der Waals surface area (Å²) in [5, 5.41) is 7.60. The fourth-order valence-corrected chi connectivity index (χ4v) is 1.05. The predicted octanol–water partition coefficient (Wildman–Crippen LogP) is 1.31. The van der Waals surface area contributed by atoms with Gasteiger partial charge in [-0.25, -0.2) is 0 Å². The third kappa shape index (κ3) is 1.05. The van der Waals surface area contributed by atoms with Crippen LogP contribution in [0.25, 0.3) is 11.2 Å². The van der Waals surface area contributed by atoms with Crippen molar-refractivity contribution in [1.29, 1.82) is 0 Å². The van der Waals surface area contributed by atoms with Crippen LogP contribution in [0.15, 0.2) is 6.07 Å². The van der Waals surface area contributed by atoms with Crippen molar-refractivity contribution in [2.45, 2.75) is 6.92 Å². The molecule has 2 aromatic heterocycles. The van der Waals surface area contributed by atoms with Crippen molar-refractivity contribution in [1.82, 2.24) is 20.2 Å². The van der Waals surface area contributed by atoms with Gasteiger partial charge in [-0.1, -0.05) is 0 Å². The summed E-state index contributed by atoms with van der Waals surface area (Å²) < 4.78 is 0. The topological polar surface area (TPSA) is 54.5 Å². The fourth-order valence-electron chi connectivity index (χ4n) is 0.932. The van der Waals surface area contributed by atoms with E-state index >= 15 is 0 Å². The SMILES string of the molecule is Cc1cc2nnc(Cl)nc2[nH]1. The number of rotatable bonds is 0. The second-order valence-corrected chi connectivity index (χ2v) is 2.61. The molecule has 0 saturated heterocycles. The van der Waals surface area contributed by atoms with Gasteiger partial charge in [0.15, 0.2) is 5.65 Å². The van der Waals surface area contributed by atoms with E-state index in [1.165, 1.54) is 0 Å². The first-order valence-electron chi connectivity index (χ1n) is 3.11. The van der Waals surface area contributed by atoms with E-state index in [-0.39, 0.29) is 5.28 Å². The molecule has 56 valence electrons. The first kappa shape index (κ1) is 6.54. The van der Waals surface area contributed by atoms with E-state index in [9.17, 15) is 0 Å². The molecule has 2 heterocycles. The Morgan fingerprint density at radius 1 is 1.45 bits per heavy atom. The second kappa shape index (κ2) is 2.17. The quantitative estimate of drug-likeness (QED) is 0.646. The van der Waals surface area contributed by atoms with Crippen LogP contribution in [0.1, 0.15) is 5.69 Å². The first-order chi connectivity index (χ1) is 5.25. The van der Waals surface area contributed by atoms with E-state index in [1.54, 1.807) is 0 Å². The fraction of sp³-hybridized carbons (Fsp3) is 0.167. The third-order valence-corrected chi connectivity index (χ3v) is 1.52. The maximum Gasteiger partial charge on any atom is 0.244 e. The van der Waals surface area contributed by atoms with Gasteiger partial charge in [0, 0.05) is 5.69 Å². The standard InChI is InChI=1S/C6H5ClN4/c1-3-2-4-5(8-3)9-6(7)11-10-4/h2H,1H3,(H,8,9,11). The Hall–Kier alpha value is -1.16. The summed E-state index contributed by atoms with van der Waals surface area (Å²) in [5.74, 6) is 0. The van der Waals surface area contributed by atoms with Gasteiger partial charge in [0.05, 0.1) is 0 Å². The molecule has 0 amide bonds. The maximum atomic E-state index is 5.52. The van der Waals surface area contributed by atoms with Crippen LogP contribution in [-0.4, -0.2) is 20.2 Å². The highest BCUT2D eigenvalue weighted by atomic mass is 35.5. The van der Waals surface area contributed by atoms with Crippen molar-refractivity contribution in [3.63, 3.8) is 0 Å². The van der Waals surface area contributed by atoms with Crippen molar-refractivity contribution in [2.24, 2.45) is 0 Å². The van der Waals surface area contributed by atoms with Crippen molar-refractivity contribution in [3.05, 3.63) is 17.0 Å². The summed E-state index contributed by atoms with van der Waals surface area (Å²) in [6.07, 6.45) is 0. The number of hydrogen-bond donors (Lipinski definition) is 1. The highest BCUT2D eigenvalue weighted by Crippen LogP contribution is 2.09. The minimum atomic E-state index is 0.166. The minimum absolute atomic E-state index is 0.166. The summed E-state index contributed by atoms with van der Waals surface area (Å²) in [6, 6.07) is 1.87. The molecule has 1 N–H and O–H groups in total. The van der Waals surface area contributed by atoms with Crippen LogP contribution in [-0.2, 0) is 0 Å². The number of nitrogens with zero attached hydrogens (tertiary/aromatic N) is 3. The van der Waals surface area contributed by atoms with E-state index in [1.807, 2.05) is 13.0 Å². The number of aromatic nitrogens is 4. The van der Waals surface area contributed by atoms with Crippen LogP contribution in [0.3, 0.4) is 0 Å². The van der Waals surface area contributed by atoms with Gasteiger partial charge < -0.3 is 4.98 Å². The molecular weight excluding hydrogens is 164 g/mol. The molecule has 5 heteroatoms. The zero-order valence-corrected chi connectivity index (χ0v) is 6.55. The van der Waals surface area contributed by atoms with E-state index in [0.717, 1.165) is 11.2 Å². The number of aromatic amines is 1. The second-order valence-electron chi connectivity index (χ2n) is 2.27. The average molecular weight is 169 g/mol. The number of H-pyrrole nitrogens is 1. The zero-order valence-electron chi connectivity index (χ0n) is 5.80. The molecule has 0 unspecified atom stereocenters. The van der Waals surface area contributed by atoms with E-state index in [4.69, 9.17) is 11.6 Å². The molecule has 2 aromatic rings. The number of hydrogen-bond acceptors (Lipinski definition) is 3. The van der Waals surface area contributed by atoms with Gasteiger partial charge in [0.2, 0.25) is 5.28 Å². The summed E-state index contributed by atoms with van der Waals surface area (Å²) in [4.78, 5) is 6.93. The largest absolute Gasteiger partial charge is 0.342 e. The van der Waals surface area contributed by atoms with Gasteiger partial charge in [0.25, 0.3) is 0 Å². The highest BCUT2D eigenvalue weighted by Gasteiger charge is 2.00. The minimum Gasteiger partial charge on any atom is -0.342 e. The number of nitrogens with one attached hydrogen (secondary N) is 1. The molecule has 2 rings (SSSR count). The molecule has 0 fully saturated rings. The summed E-state index contributed by atoms with van der Waals surface area (Å²) >= 11 is 5.52. The lowest BCUT2D eigenvalue weighted by atomic mass is 10.5. The molecule has 0 radical (unpaired) electrons. The molecule has 0 saturated carbocycles. The summed E-state index contributed by atoms with van der Waals surface area (Å²) in [5.41, 5.74) is 2.43. The van der Waals surface area contributed by atoms with Crippen molar-refractivity contribution in [2.75, 3.05) is 0 Å². The Morgan fingerprint density at radius 2 is 2.27 bits per heavy atom. The number of halogens is 1. The molecule has 0 aliphatic carbocycles. The normalized spacial score (nSPS) is 10.7. The lowest BCUT2D eigenvalue weighted by molar-refractivity contribution is 1.02.